The summed E-state index contributed by atoms with van der Waals surface area (Å²) >= 11 is 0. The summed E-state index contributed by atoms with van der Waals surface area (Å²) in [6.45, 7) is 3.84. The lowest BCUT2D eigenvalue weighted by molar-refractivity contribution is -0.686. The normalized spacial score (nSPS) is 12.0. The van der Waals surface area contributed by atoms with E-state index in [2.05, 4.69) is 42.0 Å². The van der Waals surface area contributed by atoms with E-state index in [0.717, 1.165) is 49.5 Å². The molecule has 1 aliphatic rings. The zero-order valence-electron chi connectivity index (χ0n) is 18.8. The van der Waals surface area contributed by atoms with Gasteiger partial charge in [0, 0.05) is 17.5 Å². The highest BCUT2D eigenvalue weighted by molar-refractivity contribution is 5.93. The largest absolute Gasteiger partial charge is 1.00 e. The van der Waals surface area contributed by atoms with E-state index >= 15 is 0 Å². The first-order valence-electron chi connectivity index (χ1n) is 10.7. The number of fused-ring (bicyclic) bond motifs is 4. The van der Waals surface area contributed by atoms with Crippen molar-refractivity contribution in [2.24, 2.45) is 5.73 Å². The second kappa shape index (κ2) is 9.75. The molecule has 0 amide bonds. The number of methoxy groups -OCH3 is 3. The Morgan fingerprint density at radius 2 is 1.65 bits per heavy atom. The Morgan fingerprint density at radius 1 is 0.935 bits per heavy atom. The van der Waals surface area contributed by atoms with Gasteiger partial charge in [-0.05, 0) is 61.0 Å². The van der Waals surface area contributed by atoms with Gasteiger partial charge in [0.15, 0.2) is 24.2 Å². The molecule has 1 aromatic heterocycles. The van der Waals surface area contributed by atoms with Crippen LogP contribution < -0.4 is 36.9 Å². The highest BCUT2D eigenvalue weighted by Gasteiger charge is 2.30. The van der Waals surface area contributed by atoms with Crippen LogP contribution in [0.15, 0.2) is 30.5 Å². The van der Waals surface area contributed by atoms with Crippen LogP contribution in [0.2, 0.25) is 0 Å². The predicted octanol–water partition coefficient (Wildman–Crippen LogP) is 0.834. The zero-order valence-corrected chi connectivity index (χ0v) is 19.5. The van der Waals surface area contributed by atoms with Gasteiger partial charge in [0.05, 0.1) is 32.3 Å². The first kappa shape index (κ1) is 23.2. The lowest BCUT2D eigenvalue weighted by Gasteiger charge is -2.22. The summed E-state index contributed by atoms with van der Waals surface area (Å²) in [6.07, 6.45) is 6.07. The van der Waals surface area contributed by atoms with Crippen molar-refractivity contribution >= 4 is 10.8 Å². The minimum Gasteiger partial charge on any atom is -1.00 e. The SMILES string of the molecule is CCc1c2[n+](cc3c(CCCN)c(OC)ccc13)CCc1cc(OC)c(OC)cc1-2.[Cl-]. The molecule has 0 bridgehead atoms. The third-order valence-electron chi connectivity index (χ3n) is 6.19. The van der Waals surface area contributed by atoms with Crippen molar-refractivity contribution in [1.82, 2.24) is 0 Å². The van der Waals surface area contributed by atoms with E-state index in [-0.39, 0.29) is 12.4 Å². The molecular weight excluding hydrogens is 412 g/mol. The number of hydrogen-bond acceptors (Lipinski definition) is 4. The van der Waals surface area contributed by atoms with Gasteiger partial charge < -0.3 is 32.4 Å². The number of nitrogens with two attached hydrogens (primary N) is 1. The van der Waals surface area contributed by atoms with E-state index in [1.807, 2.05) is 0 Å². The average molecular weight is 443 g/mol. The summed E-state index contributed by atoms with van der Waals surface area (Å²) < 4.78 is 19.3. The second-order valence-electron chi connectivity index (χ2n) is 7.72. The molecule has 6 heteroatoms. The molecule has 166 valence electrons. The first-order valence-corrected chi connectivity index (χ1v) is 10.7. The fourth-order valence-corrected chi connectivity index (χ4v) is 4.75. The maximum atomic E-state index is 5.81. The van der Waals surface area contributed by atoms with Crippen LogP contribution in [-0.2, 0) is 25.8 Å². The molecular formula is C25H31ClN2O3. The number of ether oxygens (including phenoxy) is 3. The summed E-state index contributed by atoms with van der Waals surface area (Å²) in [6, 6.07) is 8.56. The van der Waals surface area contributed by atoms with E-state index in [4.69, 9.17) is 19.9 Å². The van der Waals surface area contributed by atoms with Gasteiger partial charge in [-0.2, -0.15) is 4.57 Å². The van der Waals surface area contributed by atoms with Crippen molar-refractivity contribution < 1.29 is 31.2 Å². The van der Waals surface area contributed by atoms with Crippen LogP contribution in [0.1, 0.15) is 30.0 Å². The van der Waals surface area contributed by atoms with Crippen molar-refractivity contribution in [1.29, 1.82) is 0 Å². The Balaban J connectivity index is 0.00000272. The van der Waals surface area contributed by atoms with Gasteiger partial charge in [0.1, 0.15) is 5.75 Å². The fraction of sp³-hybridized carbons (Fsp3) is 0.400. The van der Waals surface area contributed by atoms with Gasteiger partial charge in [-0.25, -0.2) is 0 Å². The van der Waals surface area contributed by atoms with E-state index in [0.29, 0.717) is 6.54 Å². The second-order valence-corrected chi connectivity index (χ2v) is 7.72. The molecule has 0 radical (unpaired) electrons. The van der Waals surface area contributed by atoms with E-state index in [9.17, 15) is 0 Å². The molecule has 0 fully saturated rings. The van der Waals surface area contributed by atoms with Gasteiger partial charge in [-0.3, -0.25) is 0 Å². The van der Waals surface area contributed by atoms with E-state index < -0.39 is 0 Å². The van der Waals surface area contributed by atoms with Crippen LogP contribution in [0.4, 0.5) is 0 Å². The average Bonchev–Trinajstić information content (AvgIpc) is 2.79. The highest BCUT2D eigenvalue weighted by Crippen LogP contribution is 2.40. The van der Waals surface area contributed by atoms with Crippen LogP contribution in [0.25, 0.3) is 22.0 Å². The van der Waals surface area contributed by atoms with Gasteiger partial charge >= 0.3 is 0 Å². The number of hydrogen-bond donors (Lipinski definition) is 1. The first-order chi connectivity index (χ1) is 14.7. The summed E-state index contributed by atoms with van der Waals surface area (Å²) in [4.78, 5) is 0. The molecule has 0 saturated carbocycles. The Labute approximate surface area is 190 Å². The number of nitrogens with zero attached hydrogens (tertiary/aromatic N) is 1. The molecule has 1 aliphatic heterocycles. The van der Waals surface area contributed by atoms with Crippen LogP contribution in [-0.4, -0.2) is 27.9 Å². The van der Waals surface area contributed by atoms with Crippen LogP contribution in [0.5, 0.6) is 17.2 Å². The number of pyridine rings is 1. The summed E-state index contributed by atoms with van der Waals surface area (Å²) in [5, 5.41) is 2.56. The molecule has 0 saturated heterocycles. The molecule has 2 N–H and O–H groups in total. The standard InChI is InChI=1S/C25H31N2O3.ClH/c1-5-17-18-8-9-22(28-2)19(7-6-11-26)21(18)15-27-12-10-16-13-23(29-3)24(30-4)14-20(16)25(17)27;/h8-9,13-15H,5-7,10-12,26H2,1-4H3;1H/q+1;/p-1. The predicted molar refractivity (Wildman–Crippen MR) is 120 cm³/mol. The third kappa shape index (κ3) is 3.92. The van der Waals surface area contributed by atoms with Gasteiger partial charge in [-0.15, -0.1) is 0 Å². The van der Waals surface area contributed by atoms with Crippen LogP contribution in [0.3, 0.4) is 0 Å². The van der Waals surface area contributed by atoms with Gasteiger partial charge in [0.25, 0.3) is 0 Å². The summed E-state index contributed by atoms with van der Waals surface area (Å²) in [7, 11) is 5.13. The number of rotatable bonds is 7. The highest BCUT2D eigenvalue weighted by atomic mass is 35.5. The molecule has 0 aliphatic carbocycles. The fourth-order valence-electron chi connectivity index (χ4n) is 4.75. The van der Waals surface area contributed by atoms with Gasteiger partial charge in [-0.1, -0.05) is 6.92 Å². The summed E-state index contributed by atoms with van der Waals surface area (Å²) in [5.41, 5.74) is 12.2. The van der Waals surface area contributed by atoms with Crippen molar-refractivity contribution in [2.75, 3.05) is 27.9 Å². The quantitative estimate of drug-likeness (QED) is 0.551. The lowest BCUT2D eigenvalue weighted by Crippen LogP contribution is -3.00. The molecule has 3 aromatic rings. The minimum absolute atomic E-state index is 0. The number of benzene rings is 2. The Kier molecular flexibility index (Phi) is 7.29. The topological polar surface area (TPSA) is 57.6 Å². The molecule has 2 heterocycles. The van der Waals surface area contributed by atoms with E-state index in [1.54, 1.807) is 21.3 Å². The molecule has 0 atom stereocenters. The number of halogens is 1. The van der Waals surface area contributed by atoms with Crippen molar-refractivity contribution in [3.63, 3.8) is 0 Å². The molecule has 2 aromatic carbocycles. The number of aryl methyl sites for hydroxylation is 4. The van der Waals surface area contributed by atoms with E-state index in [1.165, 1.54) is 38.7 Å². The molecule has 0 spiro atoms. The molecule has 5 nitrogen and oxygen atoms in total. The number of aromatic nitrogens is 1. The Hall–Kier alpha value is -2.50. The smallest absolute Gasteiger partial charge is 0.216 e. The Morgan fingerprint density at radius 3 is 2.29 bits per heavy atom. The third-order valence-corrected chi connectivity index (χ3v) is 6.19. The molecule has 0 unspecified atom stereocenters. The van der Waals surface area contributed by atoms with Crippen molar-refractivity contribution in [2.45, 2.75) is 39.2 Å². The van der Waals surface area contributed by atoms with Crippen molar-refractivity contribution in [3.8, 4) is 28.5 Å². The van der Waals surface area contributed by atoms with Crippen molar-refractivity contribution in [3.05, 3.63) is 47.2 Å². The van der Waals surface area contributed by atoms with Crippen LogP contribution in [0, 0.1) is 0 Å². The lowest BCUT2D eigenvalue weighted by atomic mass is 9.89. The maximum absolute atomic E-state index is 5.81. The maximum Gasteiger partial charge on any atom is 0.216 e. The molecule has 4 rings (SSSR count). The molecule has 31 heavy (non-hydrogen) atoms. The Bertz CT molecular complexity index is 1100. The zero-order chi connectivity index (χ0) is 21.3. The van der Waals surface area contributed by atoms with Crippen LogP contribution >= 0.6 is 0 Å². The monoisotopic (exact) mass is 442 g/mol. The minimum atomic E-state index is 0. The summed E-state index contributed by atoms with van der Waals surface area (Å²) in [5.74, 6) is 2.50. The van der Waals surface area contributed by atoms with Gasteiger partial charge in [0.2, 0.25) is 5.69 Å².